The van der Waals surface area contributed by atoms with Crippen LogP contribution >= 0.6 is 0 Å². The number of hydrogen-bond donors (Lipinski definition) is 1. The van der Waals surface area contributed by atoms with Gasteiger partial charge in [-0.15, -0.1) is 5.10 Å². The molecule has 0 atom stereocenters. The number of hydrogen-bond acceptors (Lipinski definition) is 5. The molecule has 6 heteroatoms. The quantitative estimate of drug-likeness (QED) is 0.731. The third-order valence-corrected chi connectivity index (χ3v) is 2.90. The molecule has 0 bridgehead atoms. The summed E-state index contributed by atoms with van der Waals surface area (Å²) in [5.41, 5.74) is 2.00. The van der Waals surface area contributed by atoms with Gasteiger partial charge >= 0.3 is 0 Å². The van der Waals surface area contributed by atoms with Crippen LogP contribution < -0.4 is 10.1 Å². The van der Waals surface area contributed by atoms with E-state index < -0.39 is 0 Å². The molecule has 1 heterocycles. The fourth-order valence-corrected chi connectivity index (χ4v) is 1.90. The number of rotatable bonds is 8. The molecule has 0 spiro atoms. The first-order valence-electron chi connectivity index (χ1n) is 6.54. The van der Waals surface area contributed by atoms with Gasteiger partial charge in [-0.05, 0) is 6.07 Å². The Hall–Kier alpha value is -1.92. The topological polar surface area (TPSA) is 61.2 Å². The maximum absolute atomic E-state index is 5.33. The van der Waals surface area contributed by atoms with Crippen LogP contribution in [0.25, 0.3) is 0 Å². The molecule has 108 valence electrons. The fourth-order valence-electron chi connectivity index (χ4n) is 1.90. The molecule has 0 aliphatic heterocycles. The van der Waals surface area contributed by atoms with Gasteiger partial charge in [0.15, 0.2) is 0 Å². The van der Waals surface area contributed by atoms with Gasteiger partial charge in [0.05, 0.1) is 32.2 Å². The Labute approximate surface area is 118 Å². The molecular formula is C14H20N4O2. The highest BCUT2D eigenvalue weighted by Crippen LogP contribution is 2.17. The van der Waals surface area contributed by atoms with Gasteiger partial charge < -0.3 is 14.8 Å². The minimum atomic E-state index is 0.648. The highest BCUT2D eigenvalue weighted by molar-refractivity contribution is 5.33. The summed E-state index contributed by atoms with van der Waals surface area (Å²) in [7, 11) is 3.36. The van der Waals surface area contributed by atoms with Crippen molar-refractivity contribution < 1.29 is 9.47 Å². The van der Waals surface area contributed by atoms with Gasteiger partial charge in [0.1, 0.15) is 5.75 Å². The van der Waals surface area contributed by atoms with Crippen LogP contribution in [0.1, 0.15) is 11.3 Å². The van der Waals surface area contributed by atoms with Gasteiger partial charge in [0.25, 0.3) is 0 Å². The van der Waals surface area contributed by atoms with E-state index in [1.54, 1.807) is 14.2 Å². The van der Waals surface area contributed by atoms with Crippen LogP contribution in [0.15, 0.2) is 30.5 Å². The minimum Gasteiger partial charge on any atom is -0.496 e. The molecule has 1 N–H and O–H groups in total. The van der Waals surface area contributed by atoms with Crippen LogP contribution in [0.5, 0.6) is 5.75 Å². The summed E-state index contributed by atoms with van der Waals surface area (Å²) in [6.45, 7) is 2.83. The zero-order valence-electron chi connectivity index (χ0n) is 11.9. The zero-order chi connectivity index (χ0) is 14.2. The Morgan fingerprint density at radius 1 is 1.25 bits per heavy atom. The second kappa shape index (κ2) is 7.62. The Balaban J connectivity index is 1.92. The van der Waals surface area contributed by atoms with Crippen LogP contribution in [0.3, 0.4) is 0 Å². The van der Waals surface area contributed by atoms with E-state index in [-0.39, 0.29) is 0 Å². The Bertz CT molecular complexity index is 527. The van der Waals surface area contributed by atoms with Crippen LogP contribution in [-0.2, 0) is 17.8 Å². The maximum atomic E-state index is 5.33. The van der Waals surface area contributed by atoms with E-state index in [1.165, 1.54) is 0 Å². The summed E-state index contributed by atoms with van der Waals surface area (Å²) < 4.78 is 12.1. The summed E-state index contributed by atoms with van der Waals surface area (Å²) in [6, 6.07) is 7.91. The monoisotopic (exact) mass is 276 g/mol. The van der Waals surface area contributed by atoms with E-state index in [2.05, 4.69) is 15.6 Å². The van der Waals surface area contributed by atoms with Crippen molar-refractivity contribution in [2.24, 2.45) is 0 Å². The number of ether oxygens (including phenoxy) is 2. The van der Waals surface area contributed by atoms with E-state index in [4.69, 9.17) is 9.47 Å². The van der Waals surface area contributed by atoms with E-state index in [0.717, 1.165) is 23.6 Å². The van der Waals surface area contributed by atoms with Gasteiger partial charge in [0, 0.05) is 25.8 Å². The molecule has 0 fully saturated rings. The molecule has 0 aliphatic carbocycles. The Morgan fingerprint density at radius 3 is 2.90 bits per heavy atom. The van der Waals surface area contributed by atoms with Crippen LogP contribution in [-0.4, -0.2) is 42.4 Å². The average molecular weight is 276 g/mol. The predicted octanol–water partition coefficient (Wildman–Crippen LogP) is 1.07. The number of para-hydroxylation sites is 1. The van der Waals surface area contributed by atoms with Gasteiger partial charge in [-0.25, -0.2) is 4.68 Å². The maximum Gasteiger partial charge on any atom is 0.123 e. The van der Waals surface area contributed by atoms with Crippen molar-refractivity contribution in [3.63, 3.8) is 0 Å². The first-order chi connectivity index (χ1) is 9.83. The Morgan fingerprint density at radius 2 is 2.10 bits per heavy atom. The van der Waals surface area contributed by atoms with Crippen molar-refractivity contribution in [1.82, 2.24) is 20.3 Å². The van der Waals surface area contributed by atoms with Crippen molar-refractivity contribution in [3.05, 3.63) is 41.7 Å². The first kappa shape index (κ1) is 14.5. The number of nitrogens with zero attached hydrogens (tertiary/aromatic N) is 3. The number of nitrogens with one attached hydrogen (secondary N) is 1. The van der Waals surface area contributed by atoms with Crippen molar-refractivity contribution >= 4 is 0 Å². The molecule has 0 saturated carbocycles. The predicted molar refractivity (Wildman–Crippen MR) is 75.7 cm³/mol. The van der Waals surface area contributed by atoms with Crippen LogP contribution in [0, 0.1) is 0 Å². The second-order valence-electron chi connectivity index (χ2n) is 4.39. The third-order valence-electron chi connectivity index (χ3n) is 2.90. The normalized spacial score (nSPS) is 10.7. The molecule has 0 unspecified atom stereocenters. The molecule has 0 amide bonds. The number of benzene rings is 1. The number of methoxy groups -OCH3 is 2. The zero-order valence-corrected chi connectivity index (χ0v) is 11.9. The van der Waals surface area contributed by atoms with Crippen molar-refractivity contribution in [2.45, 2.75) is 13.1 Å². The molecule has 0 radical (unpaired) electrons. The van der Waals surface area contributed by atoms with E-state index in [1.807, 2.05) is 35.1 Å². The molecule has 6 nitrogen and oxygen atoms in total. The SMILES string of the molecule is COCCNCc1cn(Cc2ccccc2OC)nn1. The standard InChI is InChI=1S/C14H20N4O2/c1-19-8-7-15-9-13-11-18(17-16-13)10-12-5-3-4-6-14(12)20-2/h3-6,11,15H,7-10H2,1-2H3. The molecule has 1 aromatic carbocycles. The lowest BCUT2D eigenvalue weighted by atomic mass is 10.2. The molecule has 2 rings (SSSR count). The van der Waals surface area contributed by atoms with E-state index >= 15 is 0 Å². The molecule has 1 aromatic heterocycles. The van der Waals surface area contributed by atoms with E-state index in [9.17, 15) is 0 Å². The summed E-state index contributed by atoms with van der Waals surface area (Å²) >= 11 is 0. The molecular weight excluding hydrogens is 256 g/mol. The largest absolute Gasteiger partial charge is 0.496 e. The second-order valence-corrected chi connectivity index (χ2v) is 4.39. The highest BCUT2D eigenvalue weighted by Gasteiger charge is 2.05. The van der Waals surface area contributed by atoms with Gasteiger partial charge in [-0.2, -0.15) is 0 Å². The lowest BCUT2D eigenvalue weighted by Crippen LogP contribution is -2.18. The lowest BCUT2D eigenvalue weighted by molar-refractivity contribution is 0.199. The molecule has 20 heavy (non-hydrogen) atoms. The van der Waals surface area contributed by atoms with Crippen molar-refractivity contribution in [1.29, 1.82) is 0 Å². The third kappa shape index (κ3) is 4.04. The minimum absolute atomic E-state index is 0.648. The summed E-state index contributed by atoms with van der Waals surface area (Å²) in [4.78, 5) is 0. The molecule has 0 saturated heterocycles. The summed E-state index contributed by atoms with van der Waals surface area (Å²) in [6.07, 6.45) is 1.94. The smallest absolute Gasteiger partial charge is 0.123 e. The van der Waals surface area contributed by atoms with Gasteiger partial charge in [-0.3, -0.25) is 0 Å². The first-order valence-corrected chi connectivity index (χ1v) is 6.54. The Kier molecular flexibility index (Phi) is 5.52. The van der Waals surface area contributed by atoms with Crippen LogP contribution in [0.4, 0.5) is 0 Å². The van der Waals surface area contributed by atoms with Crippen molar-refractivity contribution in [2.75, 3.05) is 27.4 Å². The van der Waals surface area contributed by atoms with Crippen LogP contribution in [0.2, 0.25) is 0 Å². The molecule has 2 aromatic rings. The summed E-state index contributed by atoms with van der Waals surface area (Å²) in [5, 5.41) is 11.5. The number of aromatic nitrogens is 3. The average Bonchev–Trinajstić information content (AvgIpc) is 2.92. The molecule has 0 aliphatic rings. The lowest BCUT2D eigenvalue weighted by Gasteiger charge is -2.07. The van der Waals surface area contributed by atoms with Crippen molar-refractivity contribution in [3.8, 4) is 5.75 Å². The van der Waals surface area contributed by atoms with Gasteiger partial charge in [-0.1, -0.05) is 23.4 Å². The van der Waals surface area contributed by atoms with E-state index in [0.29, 0.717) is 19.7 Å². The summed E-state index contributed by atoms with van der Waals surface area (Å²) in [5.74, 6) is 0.864. The fraction of sp³-hybridized carbons (Fsp3) is 0.429. The highest BCUT2D eigenvalue weighted by atomic mass is 16.5. The van der Waals surface area contributed by atoms with Gasteiger partial charge in [0.2, 0.25) is 0 Å².